The smallest absolute Gasteiger partial charge is 0.353 e. The Hall–Kier alpha value is -2.10. The highest BCUT2D eigenvalue weighted by molar-refractivity contribution is 5.86. The van der Waals surface area contributed by atoms with Crippen LogP contribution in [-0.2, 0) is 0 Å². The first-order chi connectivity index (χ1) is 7.59. The van der Waals surface area contributed by atoms with Crippen molar-refractivity contribution in [2.75, 3.05) is 0 Å². The molecule has 4 nitrogen and oxygen atoms in total. The number of imidazole rings is 1. The van der Waals surface area contributed by atoms with Crippen LogP contribution in [0.15, 0.2) is 24.4 Å². The second-order valence-electron chi connectivity index (χ2n) is 3.72. The number of carboxylic acids is 1. The number of nitrogens with one attached hydrogen (secondary N) is 1. The number of hydrogen-bond acceptors (Lipinski definition) is 2. The van der Waals surface area contributed by atoms with Crippen LogP contribution in [0.25, 0.3) is 11.4 Å². The van der Waals surface area contributed by atoms with E-state index < -0.39 is 5.97 Å². The Kier molecular flexibility index (Phi) is 2.48. The van der Waals surface area contributed by atoms with Gasteiger partial charge in [0.2, 0.25) is 0 Å². The van der Waals surface area contributed by atoms with Crippen LogP contribution in [0.4, 0.5) is 0 Å². The summed E-state index contributed by atoms with van der Waals surface area (Å²) in [6, 6.07) is 5.92. The van der Waals surface area contributed by atoms with E-state index >= 15 is 0 Å². The Balaban J connectivity index is 2.54. The van der Waals surface area contributed by atoms with Crippen LogP contribution in [0.2, 0.25) is 0 Å². The van der Waals surface area contributed by atoms with Crippen molar-refractivity contribution in [1.82, 2.24) is 9.97 Å². The van der Waals surface area contributed by atoms with E-state index in [1.165, 1.54) is 6.20 Å². The lowest BCUT2D eigenvalue weighted by molar-refractivity contribution is 0.0691. The van der Waals surface area contributed by atoms with Crippen LogP contribution in [0.1, 0.15) is 21.6 Å². The minimum Gasteiger partial charge on any atom is -0.477 e. The van der Waals surface area contributed by atoms with Crippen LogP contribution in [-0.4, -0.2) is 21.0 Å². The molecule has 1 aromatic heterocycles. The molecule has 2 aromatic rings. The maximum atomic E-state index is 10.7. The van der Waals surface area contributed by atoms with E-state index in [1.807, 2.05) is 32.0 Å². The third-order valence-corrected chi connectivity index (χ3v) is 2.52. The van der Waals surface area contributed by atoms with Crippen molar-refractivity contribution in [3.8, 4) is 11.4 Å². The van der Waals surface area contributed by atoms with Crippen LogP contribution in [0.3, 0.4) is 0 Å². The van der Waals surface area contributed by atoms with Crippen molar-refractivity contribution < 1.29 is 9.90 Å². The van der Waals surface area contributed by atoms with Crippen molar-refractivity contribution in [2.45, 2.75) is 13.8 Å². The van der Waals surface area contributed by atoms with E-state index in [0.717, 1.165) is 16.7 Å². The number of carbonyl (C=O) groups is 1. The van der Waals surface area contributed by atoms with E-state index in [4.69, 9.17) is 5.11 Å². The van der Waals surface area contributed by atoms with Gasteiger partial charge >= 0.3 is 5.97 Å². The van der Waals surface area contributed by atoms with E-state index in [-0.39, 0.29) is 5.69 Å². The average molecular weight is 216 g/mol. The fraction of sp³-hybridized carbons (Fsp3) is 0.167. The Morgan fingerprint density at radius 3 is 2.44 bits per heavy atom. The zero-order valence-corrected chi connectivity index (χ0v) is 9.11. The zero-order valence-electron chi connectivity index (χ0n) is 9.11. The molecule has 0 spiro atoms. The molecule has 16 heavy (non-hydrogen) atoms. The normalized spacial score (nSPS) is 10.4. The van der Waals surface area contributed by atoms with Gasteiger partial charge in [-0.2, -0.15) is 0 Å². The molecule has 0 saturated heterocycles. The number of aryl methyl sites for hydroxylation is 2. The second-order valence-corrected chi connectivity index (χ2v) is 3.72. The number of benzene rings is 1. The molecule has 0 aliphatic rings. The number of aromatic amines is 1. The molecule has 0 atom stereocenters. The highest BCUT2D eigenvalue weighted by Gasteiger charge is 2.11. The highest BCUT2D eigenvalue weighted by Crippen LogP contribution is 2.24. The van der Waals surface area contributed by atoms with Gasteiger partial charge in [-0.3, -0.25) is 0 Å². The number of nitrogens with zero attached hydrogens (tertiary/aromatic N) is 1. The predicted molar refractivity (Wildman–Crippen MR) is 60.5 cm³/mol. The predicted octanol–water partition coefficient (Wildman–Crippen LogP) is 2.39. The number of hydrogen-bond donors (Lipinski definition) is 2. The molecule has 0 radical (unpaired) electrons. The van der Waals surface area contributed by atoms with Crippen molar-refractivity contribution in [1.29, 1.82) is 0 Å². The summed E-state index contributed by atoms with van der Waals surface area (Å²) in [7, 11) is 0. The summed E-state index contributed by atoms with van der Waals surface area (Å²) in [6.45, 7) is 3.95. The van der Waals surface area contributed by atoms with Crippen molar-refractivity contribution in [3.63, 3.8) is 0 Å². The van der Waals surface area contributed by atoms with Gasteiger partial charge < -0.3 is 10.1 Å². The van der Waals surface area contributed by atoms with Crippen molar-refractivity contribution >= 4 is 5.97 Å². The summed E-state index contributed by atoms with van der Waals surface area (Å²) in [5.74, 6) is -0.391. The van der Waals surface area contributed by atoms with E-state index in [0.29, 0.717) is 5.82 Å². The molecule has 82 valence electrons. The molecule has 4 heteroatoms. The molecular weight excluding hydrogens is 204 g/mol. The molecule has 2 N–H and O–H groups in total. The molecule has 0 amide bonds. The summed E-state index contributed by atoms with van der Waals surface area (Å²) in [5.41, 5.74) is 3.23. The average Bonchev–Trinajstić information content (AvgIpc) is 2.66. The molecule has 0 aliphatic heterocycles. The summed E-state index contributed by atoms with van der Waals surface area (Å²) < 4.78 is 0. The molecule has 0 aliphatic carbocycles. The molecule has 0 fully saturated rings. The number of aromatic nitrogens is 2. The third kappa shape index (κ3) is 1.69. The van der Waals surface area contributed by atoms with Gasteiger partial charge in [0.25, 0.3) is 0 Å². The van der Waals surface area contributed by atoms with Crippen LogP contribution >= 0.6 is 0 Å². The van der Waals surface area contributed by atoms with Crippen molar-refractivity contribution in [2.24, 2.45) is 0 Å². The summed E-state index contributed by atoms with van der Waals surface area (Å²) in [4.78, 5) is 17.6. The Bertz CT molecular complexity index is 523. The van der Waals surface area contributed by atoms with Gasteiger partial charge in [-0.25, -0.2) is 9.78 Å². The van der Waals surface area contributed by atoms with E-state index in [9.17, 15) is 4.79 Å². The quantitative estimate of drug-likeness (QED) is 0.810. The van der Waals surface area contributed by atoms with Crippen molar-refractivity contribution in [3.05, 3.63) is 41.2 Å². The monoisotopic (exact) mass is 216 g/mol. The topological polar surface area (TPSA) is 66.0 Å². The lowest BCUT2D eigenvalue weighted by Crippen LogP contribution is -1.96. The summed E-state index contributed by atoms with van der Waals surface area (Å²) in [6.07, 6.45) is 1.34. The molecule has 0 bridgehead atoms. The SMILES string of the molecule is Cc1cccc(C)c1-c1ncc(C(=O)O)[nH]1. The molecular formula is C12H12N2O2. The maximum Gasteiger partial charge on any atom is 0.353 e. The molecule has 1 aromatic carbocycles. The standard InChI is InChI=1S/C12H12N2O2/c1-7-4-3-5-8(2)10(7)11-13-6-9(14-11)12(15)16/h3-6H,1-2H3,(H,13,14)(H,15,16). The Morgan fingerprint density at radius 2 is 1.94 bits per heavy atom. The highest BCUT2D eigenvalue weighted by atomic mass is 16.4. The van der Waals surface area contributed by atoms with Gasteiger partial charge in [0.15, 0.2) is 0 Å². The van der Waals surface area contributed by atoms with Gasteiger partial charge in [-0.1, -0.05) is 18.2 Å². The van der Waals surface area contributed by atoms with E-state index in [1.54, 1.807) is 0 Å². The lowest BCUT2D eigenvalue weighted by atomic mass is 10.0. The van der Waals surface area contributed by atoms with Gasteiger partial charge in [0.1, 0.15) is 11.5 Å². The number of rotatable bonds is 2. The minimum absolute atomic E-state index is 0.109. The first-order valence-corrected chi connectivity index (χ1v) is 4.94. The molecule has 2 rings (SSSR count). The van der Waals surface area contributed by atoms with Crippen LogP contribution in [0, 0.1) is 13.8 Å². The number of aromatic carboxylic acids is 1. The largest absolute Gasteiger partial charge is 0.477 e. The summed E-state index contributed by atoms with van der Waals surface area (Å²) in [5, 5.41) is 8.81. The van der Waals surface area contributed by atoms with Gasteiger partial charge in [0, 0.05) is 5.56 Å². The fourth-order valence-corrected chi connectivity index (χ4v) is 1.74. The van der Waals surface area contributed by atoms with Crippen LogP contribution in [0.5, 0.6) is 0 Å². The molecule has 0 unspecified atom stereocenters. The van der Waals surface area contributed by atoms with Crippen LogP contribution < -0.4 is 0 Å². The Morgan fingerprint density at radius 1 is 1.31 bits per heavy atom. The van der Waals surface area contributed by atoms with Gasteiger partial charge in [0.05, 0.1) is 6.20 Å². The first-order valence-electron chi connectivity index (χ1n) is 4.94. The fourth-order valence-electron chi connectivity index (χ4n) is 1.74. The zero-order chi connectivity index (χ0) is 11.7. The minimum atomic E-state index is -0.995. The maximum absolute atomic E-state index is 10.7. The third-order valence-electron chi connectivity index (χ3n) is 2.52. The molecule has 0 saturated carbocycles. The molecule has 1 heterocycles. The first kappa shape index (κ1) is 10.4. The summed E-state index contributed by atoms with van der Waals surface area (Å²) >= 11 is 0. The number of H-pyrrole nitrogens is 1. The van der Waals surface area contributed by atoms with E-state index in [2.05, 4.69) is 9.97 Å². The lowest BCUT2D eigenvalue weighted by Gasteiger charge is -2.05. The van der Waals surface area contributed by atoms with Gasteiger partial charge in [-0.15, -0.1) is 0 Å². The van der Waals surface area contributed by atoms with Gasteiger partial charge in [-0.05, 0) is 25.0 Å². The second kappa shape index (κ2) is 3.81. The Labute approximate surface area is 93.0 Å². The number of carboxylic acid groups (broad SMARTS) is 1.